The number of hydrazine groups is 2. The Balaban J connectivity index is 1.54. The monoisotopic (exact) mass is 460 g/mol. The molecule has 9 nitrogen and oxygen atoms in total. The number of nitrogens with two attached hydrogens (primary N) is 2. The second-order valence-corrected chi connectivity index (χ2v) is 7.75. The molecule has 0 radical (unpaired) electrons. The number of nitrogens with one attached hydrogen (secondary N) is 1. The highest BCUT2D eigenvalue weighted by Crippen LogP contribution is 2.44. The Hall–Kier alpha value is -4.21. The molecule has 5 N–H and O–H groups in total. The number of hydrogen-bond donors (Lipinski definition) is 3. The van der Waals surface area contributed by atoms with Gasteiger partial charge in [-0.15, -0.1) is 0 Å². The standard InChI is InChI=1S/C25H24N4O5/c26-24(31)34-23(30)22(14-16-8-2-1-3-9-16)29(28-27)25(32)33-15-21-19-12-6-4-10-17(19)18-11-5-7-13-20(18)21/h1-13,21-22,28H,14-15,27H2,(H2,26,31)/t22-/m0/s1. The van der Waals surface area contributed by atoms with Crippen LogP contribution in [0.1, 0.15) is 22.6 Å². The first-order chi connectivity index (χ1) is 16.5. The van der Waals surface area contributed by atoms with E-state index in [0.717, 1.165) is 27.3 Å². The molecular weight excluding hydrogens is 436 g/mol. The topological polar surface area (TPSA) is 137 Å². The Morgan fingerprint density at radius 3 is 2.00 bits per heavy atom. The van der Waals surface area contributed by atoms with Gasteiger partial charge in [-0.25, -0.2) is 19.4 Å². The summed E-state index contributed by atoms with van der Waals surface area (Å²) < 4.78 is 10.1. The molecule has 2 amide bonds. The highest BCUT2D eigenvalue weighted by atomic mass is 16.6. The van der Waals surface area contributed by atoms with E-state index in [1.807, 2.05) is 54.6 Å². The Labute approximate surface area is 196 Å². The van der Waals surface area contributed by atoms with Crippen LogP contribution in [-0.4, -0.2) is 35.8 Å². The van der Waals surface area contributed by atoms with E-state index in [-0.39, 0.29) is 18.9 Å². The maximum Gasteiger partial charge on any atom is 0.426 e. The van der Waals surface area contributed by atoms with Gasteiger partial charge in [0.05, 0.1) is 0 Å². The van der Waals surface area contributed by atoms with Crippen LogP contribution >= 0.6 is 0 Å². The molecule has 3 aromatic rings. The van der Waals surface area contributed by atoms with E-state index in [9.17, 15) is 14.4 Å². The minimum Gasteiger partial charge on any atom is -0.447 e. The average Bonchev–Trinajstić information content (AvgIpc) is 3.16. The van der Waals surface area contributed by atoms with Gasteiger partial charge in [-0.1, -0.05) is 78.9 Å². The molecule has 0 saturated carbocycles. The van der Waals surface area contributed by atoms with E-state index in [2.05, 4.69) is 10.3 Å². The third kappa shape index (κ3) is 4.75. The van der Waals surface area contributed by atoms with Crippen molar-refractivity contribution in [3.63, 3.8) is 0 Å². The van der Waals surface area contributed by atoms with Crippen LogP contribution in [-0.2, 0) is 20.7 Å². The first-order valence-corrected chi connectivity index (χ1v) is 10.6. The van der Waals surface area contributed by atoms with Crippen molar-refractivity contribution in [2.45, 2.75) is 18.4 Å². The third-order valence-electron chi connectivity index (χ3n) is 5.73. The Morgan fingerprint density at radius 2 is 1.44 bits per heavy atom. The lowest BCUT2D eigenvalue weighted by Crippen LogP contribution is -2.57. The highest BCUT2D eigenvalue weighted by molar-refractivity contribution is 5.89. The van der Waals surface area contributed by atoms with Gasteiger partial charge >= 0.3 is 18.2 Å². The lowest BCUT2D eigenvalue weighted by molar-refractivity contribution is -0.144. The summed E-state index contributed by atoms with van der Waals surface area (Å²) in [5.74, 6) is 4.37. The second-order valence-electron chi connectivity index (χ2n) is 7.75. The molecule has 3 aromatic carbocycles. The van der Waals surface area contributed by atoms with Crippen LogP contribution in [0.4, 0.5) is 9.59 Å². The molecule has 0 heterocycles. The number of ether oxygens (including phenoxy) is 2. The number of carbonyl (C=O) groups excluding carboxylic acids is 3. The Bertz CT molecular complexity index is 1160. The SMILES string of the molecule is NNN(C(=O)OCC1c2ccccc2-c2ccccc21)[C@@H](Cc1ccccc1)C(=O)OC(N)=O. The predicted octanol–water partition coefficient (Wildman–Crippen LogP) is 2.85. The first-order valence-electron chi connectivity index (χ1n) is 10.6. The van der Waals surface area contributed by atoms with Crippen molar-refractivity contribution in [2.24, 2.45) is 11.6 Å². The zero-order valence-corrected chi connectivity index (χ0v) is 18.2. The molecule has 1 atom stereocenters. The van der Waals surface area contributed by atoms with Crippen molar-refractivity contribution >= 4 is 18.2 Å². The second kappa shape index (κ2) is 10.2. The number of esters is 1. The van der Waals surface area contributed by atoms with Crippen LogP contribution < -0.4 is 17.1 Å². The molecule has 0 saturated heterocycles. The summed E-state index contributed by atoms with van der Waals surface area (Å²) in [6.45, 7) is 0.0218. The fraction of sp³-hybridized carbons (Fsp3) is 0.160. The van der Waals surface area contributed by atoms with Gasteiger partial charge in [0.25, 0.3) is 0 Å². The molecule has 34 heavy (non-hydrogen) atoms. The van der Waals surface area contributed by atoms with Crippen LogP contribution in [0.3, 0.4) is 0 Å². The summed E-state index contributed by atoms with van der Waals surface area (Å²) in [4.78, 5) is 36.8. The largest absolute Gasteiger partial charge is 0.447 e. The summed E-state index contributed by atoms with van der Waals surface area (Å²) in [6, 6.07) is 23.4. The number of primary amides is 1. The van der Waals surface area contributed by atoms with Gasteiger partial charge in [-0.2, -0.15) is 5.53 Å². The third-order valence-corrected chi connectivity index (χ3v) is 5.73. The molecule has 0 bridgehead atoms. The van der Waals surface area contributed by atoms with Crippen molar-refractivity contribution in [2.75, 3.05) is 6.61 Å². The summed E-state index contributed by atoms with van der Waals surface area (Å²) in [5.41, 5.74) is 12.2. The van der Waals surface area contributed by atoms with Gasteiger partial charge in [0.2, 0.25) is 0 Å². The van der Waals surface area contributed by atoms with E-state index in [4.69, 9.17) is 16.3 Å². The zero-order valence-electron chi connectivity index (χ0n) is 18.2. The van der Waals surface area contributed by atoms with Gasteiger partial charge in [0, 0.05) is 12.3 Å². The number of rotatable bonds is 7. The lowest BCUT2D eigenvalue weighted by Gasteiger charge is -2.28. The smallest absolute Gasteiger partial charge is 0.426 e. The van der Waals surface area contributed by atoms with Crippen LogP contribution in [0.25, 0.3) is 11.1 Å². The number of amides is 2. The van der Waals surface area contributed by atoms with Crippen molar-refractivity contribution < 1.29 is 23.9 Å². The number of benzene rings is 3. The van der Waals surface area contributed by atoms with Crippen LogP contribution in [0.15, 0.2) is 78.9 Å². The lowest BCUT2D eigenvalue weighted by atomic mass is 9.98. The normalized spacial score (nSPS) is 12.9. The van der Waals surface area contributed by atoms with Crippen molar-refractivity contribution in [3.8, 4) is 11.1 Å². The molecule has 0 fully saturated rings. The van der Waals surface area contributed by atoms with E-state index in [0.29, 0.717) is 5.56 Å². The number of fused-ring (bicyclic) bond motifs is 3. The minimum absolute atomic E-state index is 0.0152. The van der Waals surface area contributed by atoms with Crippen molar-refractivity contribution in [1.29, 1.82) is 0 Å². The summed E-state index contributed by atoms with van der Waals surface area (Å²) in [6.07, 6.45) is -2.17. The van der Waals surface area contributed by atoms with Crippen LogP contribution in [0, 0.1) is 0 Å². The highest BCUT2D eigenvalue weighted by Gasteiger charge is 2.35. The van der Waals surface area contributed by atoms with Gasteiger partial charge in [0.1, 0.15) is 6.61 Å². The molecule has 0 spiro atoms. The number of nitrogens with zero attached hydrogens (tertiary/aromatic N) is 1. The first kappa shape index (κ1) is 23.0. The van der Waals surface area contributed by atoms with Crippen molar-refractivity contribution in [3.05, 3.63) is 95.6 Å². The average molecular weight is 460 g/mol. The summed E-state index contributed by atoms with van der Waals surface area (Å²) in [5, 5.41) is 0.797. The fourth-order valence-corrected chi connectivity index (χ4v) is 4.22. The van der Waals surface area contributed by atoms with E-state index in [1.165, 1.54) is 0 Å². The summed E-state index contributed by atoms with van der Waals surface area (Å²) in [7, 11) is 0. The van der Waals surface area contributed by atoms with Gasteiger partial charge < -0.3 is 15.2 Å². The van der Waals surface area contributed by atoms with Gasteiger partial charge in [-0.05, 0) is 27.8 Å². The Morgan fingerprint density at radius 1 is 0.882 bits per heavy atom. The summed E-state index contributed by atoms with van der Waals surface area (Å²) >= 11 is 0. The van der Waals surface area contributed by atoms with E-state index >= 15 is 0 Å². The zero-order chi connectivity index (χ0) is 24.1. The molecule has 1 aliphatic carbocycles. The number of hydrogen-bond acceptors (Lipinski definition) is 7. The van der Waals surface area contributed by atoms with Crippen LogP contribution in [0.2, 0.25) is 0 Å². The predicted molar refractivity (Wildman–Crippen MR) is 124 cm³/mol. The molecule has 0 aliphatic heterocycles. The van der Waals surface area contributed by atoms with Gasteiger partial charge in [-0.3, -0.25) is 5.84 Å². The van der Waals surface area contributed by atoms with Crippen molar-refractivity contribution in [1.82, 2.24) is 10.5 Å². The molecule has 0 unspecified atom stereocenters. The van der Waals surface area contributed by atoms with E-state index in [1.54, 1.807) is 24.3 Å². The quantitative estimate of drug-likeness (QED) is 0.213. The molecule has 4 rings (SSSR count). The molecule has 0 aromatic heterocycles. The number of carbonyl (C=O) groups is 3. The Kier molecular flexibility index (Phi) is 6.86. The molecule has 174 valence electrons. The molecule has 1 aliphatic rings. The van der Waals surface area contributed by atoms with E-state index < -0.39 is 24.2 Å². The van der Waals surface area contributed by atoms with Gasteiger partial charge in [0.15, 0.2) is 6.04 Å². The fourth-order valence-electron chi connectivity index (χ4n) is 4.22. The molecule has 9 heteroatoms. The minimum atomic E-state index is -1.30. The molecular formula is C25H24N4O5. The maximum atomic E-state index is 13.0. The maximum absolute atomic E-state index is 13.0. The van der Waals surface area contributed by atoms with Crippen LogP contribution in [0.5, 0.6) is 0 Å².